The van der Waals surface area contributed by atoms with Gasteiger partial charge in [-0.05, 0) is 18.6 Å². The van der Waals surface area contributed by atoms with Gasteiger partial charge in [-0.2, -0.15) is 0 Å². The Morgan fingerprint density at radius 1 is 0.731 bits per heavy atom. The van der Waals surface area contributed by atoms with E-state index < -0.39 is 0 Å². The third kappa shape index (κ3) is 7.03. The van der Waals surface area contributed by atoms with Gasteiger partial charge in [0.05, 0.1) is 12.2 Å². The Bertz CT molecular complexity index is 634. The van der Waals surface area contributed by atoms with E-state index in [9.17, 15) is 4.79 Å². The molecule has 0 amide bonds. The van der Waals surface area contributed by atoms with Gasteiger partial charge in [-0.1, -0.05) is 101 Å². The smallest absolute Gasteiger partial charge is 0.196 e. The van der Waals surface area contributed by atoms with Crippen LogP contribution in [-0.2, 0) is 0 Å². The number of carbonyl (C=O) groups excluding carboxylic acids is 1. The van der Waals surface area contributed by atoms with E-state index in [1.54, 1.807) is 0 Å². The van der Waals surface area contributed by atoms with Crippen molar-refractivity contribution in [3.05, 3.63) is 65.7 Å². The highest BCUT2D eigenvalue weighted by Crippen LogP contribution is 2.22. The molecular formula is C24H32O2. The highest BCUT2D eigenvalue weighted by atomic mass is 16.5. The van der Waals surface area contributed by atoms with Crippen molar-refractivity contribution in [3.63, 3.8) is 0 Å². The maximum Gasteiger partial charge on any atom is 0.196 e. The standard InChI is InChI=1S/C24H32O2/c1-2-3-4-5-6-7-8-9-15-20-26-23-19-14-13-18-22(23)24(25)21-16-11-10-12-17-21/h10-14,16-19H,2-9,15,20H2,1H3. The Morgan fingerprint density at radius 2 is 1.31 bits per heavy atom. The topological polar surface area (TPSA) is 26.3 Å². The predicted octanol–water partition coefficient (Wildman–Crippen LogP) is 6.83. The number of hydrogen-bond donors (Lipinski definition) is 0. The molecule has 0 aromatic heterocycles. The van der Waals surface area contributed by atoms with Crippen LogP contribution in [0.4, 0.5) is 0 Å². The quantitative estimate of drug-likeness (QED) is 0.292. The van der Waals surface area contributed by atoms with E-state index in [-0.39, 0.29) is 5.78 Å². The molecule has 0 heterocycles. The minimum absolute atomic E-state index is 0.0216. The van der Waals surface area contributed by atoms with Gasteiger partial charge < -0.3 is 4.74 Å². The molecule has 0 saturated heterocycles. The van der Waals surface area contributed by atoms with Crippen LogP contribution < -0.4 is 4.74 Å². The van der Waals surface area contributed by atoms with Crippen molar-refractivity contribution in [1.29, 1.82) is 0 Å². The van der Waals surface area contributed by atoms with Crippen molar-refractivity contribution in [2.45, 2.75) is 64.7 Å². The number of para-hydroxylation sites is 1. The summed E-state index contributed by atoms with van der Waals surface area (Å²) in [5, 5.41) is 0. The molecule has 0 saturated carbocycles. The van der Waals surface area contributed by atoms with Crippen LogP contribution in [0.25, 0.3) is 0 Å². The largest absolute Gasteiger partial charge is 0.493 e. The lowest BCUT2D eigenvalue weighted by molar-refractivity contribution is 0.103. The van der Waals surface area contributed by atoms with Crippen molar-refractivity contribution in [2.24, 2.45) is 0 Å². The Kier molecular flexibility index (Phi) is 9.56. The van der Waals surface area contributed by atoms with Crippen molar-refractivity contribution < 1.29 is 9.53 Å². The number of ether oxygens (including phenoxy) is 1. The zero-order valence-electron chi connectivity index (χ0n) is 16.1. The second kappa shape index (κ2) is 12.3. The number of hydrogen-bond acceptors (Lipinski definition) is 2. The molecule has 0 bridgehead atoms. The van der Waals surface area contributed by atoms with Crippen LogP contribution in [0.15, 0.2) is 54.6 Å². The van der Waals surface area contributed by atoms with Gasteiger partial charge in [0, 0.05) is 5.56 Å². The lowest BCUT2D eigenvalue weighted by Crippen LogP contribution is -2.06. The maximum atomic E-state index is 12.7. The summed E-state index contributed by atoms with van der Waals surface area (Å²) in [6.45, 7) is 2.93. The summed E-state index contributed by atoms with van der Waals surface area (Å²) < 4.78 is 5.92. The van der Waals surface area contributed by atoms with Crippen LogP contribution in [0.5, 0.6) is 5.75 Å². The van der Waals surface area contributed by atoms with Gasteiger partial charge in [-0.25, -0.2) is 0 Å². The third-order valence-electron chi connectivity index (χ3n) is 4.67. The fourth-order valence-electron chi connectivity index (χ4n) is 3.12. The van der Waals surface area contributed by atoms with E-state index in [0.29, 0.717) is 23.5 Å². The Labute approximate surface area is 158 Å². The second-order valence-electron chi connectivity index (χ2n) is 6.87. The van der Waals surface area contributed by atoms with E-state index >= 15 is 0 Å². The van der Waals surface area contributed by atoms with Crippen molar-refractivity contribution in [1.82, 2.24) is 0 Å². The number of rotatable bonds is 13. The Hall–Kier alpha value is -2.09. The molecule has 0 fully saturated rings. The van der Waals surface area contributed by atoms with E-state index in [0.717, 1.165) is 6.42 Å². The maximum absolute atomic E-state index is 12.7. The number of ketones is 1. The molecule has 0 atom stereocenters. The monoisotopic (exact) mass is 352 g/mol. The highest BCUT2D eigenvalue weighted by molar-refractivity contribution is 6.10. The number of carbonyl (C=O) groups is 1. The summed E-state index contributed by atoms with van der Waals surface area (Å²) in [6, 6.07) is 16.9. The minimum atomic E-state index is 0.0216. The molecule has 0 aliphatic heterocycles. The van der Waals surface area contributed by atoms with Crippen LogP contribution in [0, 0.1) is 0 Å². The molecule has 2 rings (SSSR count). The predicted molar refractivity (Wildman–Crippen MR) is 109 cm³/mol. The summed E-state index contributed by atoms with van der Waals surface area (Å²) in [5.41, 5.74) is 1.35. The summed E-state index contributed by atoms with van der Waals surface area (Å²) in [6.07, 6.45) is 11.6. The van der Waals surface area contributed by atoms with Crippen LogP contribution in [0.1, 0.15) is 80.6 Å². The zero-order valence-corrected chi connectivity index (χ0v) is 16.1. The first-order valence-corrected chi connectivity index (χ1v) is 10.1. The summed E-state index contributed by atoms with van der Waals surface area (Å²) in [5.74, 6) is 0.717. The van der Waals surface area contributed by atoms with Gasteiger partial charge in [0.1, 0.15) is 5.75 Å². The Morgan fingerprint density at radius 3 is 2.00 bits per heavy atom. The molecule has 0 aliphatic carbocycles. The van der Waals surface area contributed by atoms with E-state index in [4.69, 9.17) is 4.74 Å². The average molecular weight is 353 g/mol. The van der Waals surface area contributed by atoms with Gasteiger partial charge in [-0.15, -0.1) is 0 Å². The SMILES string of the molecule is CCCCCCCCCCCOc1ccccc1C(=O)c1ccccc1. The van der Waals surface area contributed by atoms with Crippen molar-refractivity contribution in [3.8, 4) is 5.75 Å². The fourth-order valence-corrected chi connectivity index (χ4v) is 3.12. The van der Waals surface area contributed by atoms with E-state index in [1.165, 1.54) is 51.4 Å². The number of unbranched alkanes of at least 4 members (excludes halogenated alkanes) is 8. The van der Waals surface area contributed by atoms with Gasteiger partial charge in [0.15, 0.2) is 5.78 Å². The molecule has 0 aliphatic rings. The molecule has 2 nitrogen and oxygen atoms in total. The van der Waals surface area contributed by atoms with E-state index in [2.05, 4.69) is 6.92 Å². The van der Waals surface area contributed by atoms with Crippen LogP contribution in [0.3, 0.4) is 0 Å². The summed E-state index contributed by atoms with van der Waals surface area (Å²) in [7, 11) is 0. The van der Waals surface area contributed by atoms with Crippen LogP contribution in [-0.4, -0.2) is 12.4 Å². The first-order valence-electron chi connectivity index (χ1n) is 10.1. The molecule has 0 spiro atoms. The second-order valence-corrected chi connectivity index (χ2v) is 6.87. The molecule has 0 N–H and O–H groups in total. The van der Waals surface area contributed by atoms with Gasteiger partial charge >= 0.3 is 0 Å². The molecular weight excluding hydrogens is 320 g/mol. The molecule has 26 heavy (non-hydrogen) atoms. The Balaban J connectivity index is 1.71. The van der Waals surface area contributed by atoms with E-state index in [1.807, 2.05) is 54.6 Å². The molecule has 2 heteroatoms. The molecule has 0 radical (unpaired) electrons. The summed E-state index contributed by atoms with van der Waals surface area (Å²) in [4.78, 5) is 12.7. The molecule has 2 aromatic rings. The average Bonchev–Trinajstić information content (AvgIpc) is 2.70. The normalized spacial score (nSPS) is 10.7. The lowest BCUT2D eigenvalue weighted by atomic mass is 10.0. The zero-order chi connectivity index (χ0) is 18.5. The van der Waals surface area contributed by atoms with Gasteiger partial charge in [0.25, 0.3) is 0 Å². The lowest BCUT2D eigenvalue weighted by Gasteiger charge is -2.11. The van der Waals surface area contributed by atoms with Crippen LogP contribution >= 0.6 is 0 Å². The number of benzene rings is 2. The third-order valence-corrected chi connectivity index (χ3v) is 4.67. The first-order chi connectivity index (χ1) is 12.8. The van der Waals surface area contributed by atoms with Crippen LogP contribution in [0.2, 0.25) is 0 Å². The highest BCUT2D eigenvalue weighted by Gasteiger charge is 2.13. The molecule has 0 unspecified atom stereocenters. The fraction of sp³-hybridized carbons (Fsp3) is 0.458. The van der Waals surface area contributed by atoms with Crippen molar-refractivity contribution in [2.75, 3.05) is 6.61 Å². The first kappa shape index (κ1) is 20.2. The van der Waals surface area contributed by atoms with Crippen molar-refractivity contribution >= 4 is 5.78 Å². The van der Waals surface area contributed by atoms with Gasteiger partial charge in [0.2, 0.25) is 0 Å². The molecule has 2 aromatic carbocycles. The minimum Gasteiger partial charge on any atom is -0.493 e. The van der Waals surface area contributed by atoms with Gasteiger partial charge in [-0.3, -0.25) is 4.79 Å². The summed E-state index contributed by atoms with van der Waals surface area (Å²) >= 11 is 0. The molecule has 140 valence electrons.